The minimum Gasteiger partial charge on any atom is -0.338 e. The van der Waals surface area contributed by atoms with Gasteiger partial charge in [-0.05, 0) is 36.1 Å². The molecular weight excluding hydrogens is 400 g/mol. The fraction of sp³-hybridized carbons (Fsp3) is 0.318. The molecule has 0 fully saturated rings. The topological polar surface area (TPSA) is 58.1 Å². The summed E-state index contributed by atoms with van der Waals surface area (Å²) in [7, 11) is 0. The summed E-state index contributed by atoms with van der Waals surface area (Å²) in [5, 5.41) is 12.4. The van der Waals surface area contributed by atoms with Gasteiger partial charge in [-0.15, -0.1) is 10.2 Å². The Labute approximate surface area is 180 Å². The van der Waals surface area contributed by atoms with E-state index in [4.69, 9.17) is 0 Å². The third kappa shape index (κ3) is 6.30. The van der Waals surface area contributed by atoms with E-state index in [-0.39, 0.29) is 5.91 Å². The van der Waals surface area contributed by atoms with Gasteiger partial charge in [0.25, 0.3) is 0 Å². The van der Waals surface area contributed by atoms with Crippen LogP contribution in [0.25, 0.3) is 0 Å². The molecule has 7 heteroatoms. The van der Waals surface area contributed by atoms with Crippen molar-refractivity contribution in [3.63, 3.8) is 0 Å². The average Bonchev–Trinajstić information content (AvgIpc) is 3.18. The van der Waals surface area contributed by atoms with Crippen LogP contribution in [-0.2, 0) is 11.3 Å². The highest BCUT2D eigenvalue weighted by Crippen LogP contribution is 2.28. The molecule has 3 rings (SSSR count). The third-order valence-corrected chi connectivity index (χ3v) is 6.46. The highest BCUT2D eigenvalue weighted by molar-refractivity contribution is 8.01. The third-order valence-electron chi connectivity index (χ3n) is 4.50. The number of thioether (sulfide) groups is 1. The van der Waals surface area contributed by atoms with E-state index < -0.39 is 0 Å². The van der Waals surface area contributed by atoms with Crippen LogP contribution in [-0.4, -0.2) is 33.3 Å². The molecule has 3 aromatic rings. The predicted octanol–water partition coefficient (Wildman–Crippen LogP) is 5.55. The zero-order valence-electron chi connectivity index (χ0n) is 17.0. The van der Waals surface area contributed by atoms with Gasteiger partial charge in [0.2, 0.25) is 11.0 Å². The van der Waals surface area contributed by atoms with Gasteiger partial charge >= 0.3 is 0 Å². The van der Waals surface area contributed by atoms with Crippen LogP contribution in [0.3, 0.4) is 0 Å². The van der Waals surface area contributed by atoms with Crippen molar-refractivity contribution in [2.45, 2.75) is 37.6 Å². The summed E-state index contributed by atoms with van der Waals surface area (Å²) < 4.78 is 0.787. The van der Waals surface area contributed by atoms with Crippen molar-refractivity contribution in [1.29, 1.82) is 0 Å². The quantitative estimate of drug-likeness (QED) is 0.455. The molecule has 0 saturated carbocycles. The van der Waals surface area contributed by atoms with Gasteiger partial charge in [-0.2, -0.15) is 0 Å². The molecule has 0 aliphatic rings. The molecule has 1 heterocycles. The van der Waals surface area contributed by atoms with Crippen LogP contribution in [0.15, 0.2) is 58.9 Å². The first-order chi connectivity index (χ1) is 14.0. The summed E-state index contributed by atoms with van der Waals surface area (Å²) in [6.07, 6.45) is 0. The Hall–Kier alpha value is -2.38. The summed E-state index contributed by atoms with van der Waals surface area (Å²) in [5.74, 6) is 0.976. The van der Waals surface area contributed by atoms with E-state index in [2.05, 4.69) is 53.6 Å². The highest BCUT2D eigenvalue weighted by Gasteiger charge is 2.14. The maximum atomic E-state index is 12.6. The second kappa shape index (κ2) is 10.4. The first kappa shape index (κ1) is 21.3. The second-order valence-corrected chi connectivity index (χ2v) is 9.16. The lowest BCUT2D eigenvalue weighted by molar-refractivity contribution is -0.128. The predicted molar refractivity (Wildman–Crippen MR) is 122 cm³/mol. The number of carbonyl (C=O) groups is 1. The second-order valence-electron chi connectivity index (χ2n) is 6.96. The maximum absolute atomic E-state index is 12.6. The van der Waals surface area contributed by atoms with E-state index >= 15 is 0 Å². The van der Waals surface area contributed by atoms with E-state index in [0.717, 1.165) is 20.7 Å². The summed E-state index contributed by atoms with van der Waals surface area (Å²) in [6, 6.07) is 18.4. The fourth-order valence-corrected chi connectivity index (χ4v) is 4.46. The van der Waals surface area contributed by atoms with E-state index in [1.54, 1.807) is 0 Å². The number of amides is 1. The number of aromatic nitrogens is 2. The Morgan fingerprint density at radius 2 is 1.83 bits per heavy atom. The van der Waals surface area contributed by atoms with Gasteiger partial charge < -0.3 is 10.2 Å². The Bertz CT molecular complexity index is 910. The number of carbonyl (C=O) groups excluding carboxylic acids is 1. The Morgan fingerprint density at radius 3 is 2.48 bits per heavy atom. The first-order valence-corrected chi connectivity index (χ1v) is 11.5. The number of benzene rings is 2. The van der Waals surface area contributed by atoms with Crippen LogP contribution in [0.1, 0.15) is 37.8 Å². The molecule has 2 aromatic carbocycles. The van der Waals surface area contributed by atoms with E-state index in [1.807, 2.05) is 42.2 Å². The minimum absolute atomic E-state index is 0.107. The normalized spacial score (nSPS) is 10.9. The van der Waals surface area contributed by atoms with Crippen molar-refractivity contribution < 1.29 is 4.79 Å². The zero-order chi connectivity index (χ0) is 20.6. The lowest BCUT2D eigenvalue weighted by Crippen LogP contribution is -2.31. The van der Waals surface area contributed by atoms with Crippen molar-refractivity contribution in [1.82, 2.24) is 15.1 Å². The lowest BCUT2D eigenvalue weighted by atomic mass is 10.0. The van der Waals surface area contributed by atoms with Crippen LogP contribution in [0.4, 0.5) is 10.8 Å². The molecule has 0 saturated heterocycles. The molecule has 5 nitrogen and oxygen atoms in total. The summed E-state index contributed by atoms with van der Waals surface area (Å²) in [6.45, 7) is 7.67. The monoisotopic (exact) mass is 426 g/mol. The van der Waals surface area contributed by atoms with Crippen molar-refractivity contribution in [2.75, 3.05) is 17.6 Å². The zero-order valence-corrected chi connectivity index (χ0v) is 18.6. The largest absolute Gasteiger partial charge is 0.338 e. The SMILES string of the molecule is CCN(Cc1ccccc1)C(=O)CSc1nnc(Nc2ccc(C(C)C)cc2)s1. The van der Waals surface area contributed by atoms with Crippen LogP contribution < -0.4 is 5.32 Å². The Balaban J connectivity index is 1.52. The van der Waals surface area contributed by atoms with E-state index in [1.165, 1.54) is 28.7 Å². The average molecular weight is 427 g/mol. The molecule has 0 spiro atoms. The molecule has 0 atom stereocenters. The highest BCUT2D eigenvalue weighted by atomic mass is 32.2. The van der Waals surface area contributed by atoms with Crippen molar-refractivity contribution in [3.05, 3.63) is 65.7 Å². The van der Waals surface area contributed by atoms with Gasteiger partial charge in [-0.25, -0.2) is 0 Å². The van der Waals surface area contributed by atoms with Crippen molar-refractivity contribution in [2.24, 2.45) is 0 Å². The van der Waals surface area contributed by atoms with Crippen LogP contribution >= 0.6 is 23.1 Å². The summed E-state index contributed by atoms with van der Waals surface area (Å²) in [5.41, 5.74) is 3.43. The lowest BCUT2D eigenvalue weighted by Gasteiger charge is -2.20. The molecule has 1 aromatic heterocycles. The molecule has 1 amide bonds. The number of rotatable bonds is 9. The fourth-order valence-electron chi connectivity index (χ4n) is 2.79. The summed E-state index contributed by atoms with van der Waals surface area (Å²) in [4.78, 5) is 14.4. The number of nitrogens with zero attached hydrogens (tertiary/aromatic N) is 3. The van der Waals surface area contributed by atoms with Gasteiger partial charge in [-0.3, -0.25) is 4.79 Å². The smallest absolute Gasteiger partial charge is 0.233 e. The Morgan fingerprint density at radius 1 is 1.10 bits per heavy atom. The molecule has 0 unspecified atom stereocenters. The molecule has 0 radical (unpaired) electrons. The van der Waals surface area contributed by atoms with Crippen molar-refractivity contribution in [3.8, 4) is 0 Å². The maximum Gasteiger partial charge on any atom is 0.233 e. The number of hydrogen-bond donors (Lipinski definition) is 1. The summed E-state index contributed by atoms with van der Waals surface area (Å²) >= 11 is 2.90. The van der Waals surface area contributed by atoms with Gasteiger partial charge in [0.1, 0.15) is 0 Å². The first-order valence-electron chi connectivity index (χ1n) is 9.70. The van der Waals surface area contributed by atoms with Crippen LogP contribution in [0.5, 0.6) is 0 Å². The van der Waals surface area contributed by atoms with Gasteiger partial charge in [0.15, 0.2) is 4.34 Å². The van der Waals surface area contributed by atoms with E-state index in [0.29, 0.717) is 24.8 Å². The van der Waals surface area contributed by atoms with Gasteiger partial charge in [-0.1, -0.05) is 79.4 Å². The Kier molecular flexibility index (Phi) is 7.66. The minimum atomic E-state index is 0.107. The van der Waals surface area contributed by atoms with Gasteiger partial charge in [0.05, 0.1) is 5.75 Å². The van der Waals surface area contributed by atoms with Gasteiger partial charge in [0, 0.05) is 18.8 Å². The molecule has 0 bridgehead atoms. The van der Waals surface area contributed by atoms with Crippen LogP contribution in [0, 0.1) is 0 Å². The number of anilines is 2. The standard InChI is InChI=1S/C22H26N4OS2/c1-4-26(14-17-8-6-5-7-9-17)20(27)15-28-22-25-24-21(29-22)23-19-12-10-18(11-13-19)16(2)3/h5-13,16H,4,14-15H2,1-3H3,(H,23,24). The molecular formula is C22H26N4OS2. The van der Waals surface area contributed by atoms with Crippen LogP contribution in [0.2, 0.25) is 0 Å². The number of nitrogens with one attached hydrogen (secondary N) is 1. The van der Waals surface area contributed by atoms with E-state index in [9.17, 15) is 4.79 Å². The molecule has 0 aliphatic heterocycles. The molecule has 29 heavy (non-hydrogen) atoms. The molecule has 1 N–H and O–H groups in total. The number of hydrogen-bond acceptors (Lipinski definition) is 6. The molecule has 152 valence electrons. The molecule has 0 aliphatic carbocycles. The van der Waals surface area contributed by atoms with Crippen molar-refractivity contribution >= 4 is 39.8 Å².